The van der Waals surface area contributed by atoms with E-state index < -0.39 is 5.91 Å². The lowest BCUT2D eigenvalue weighted by atomic mass is 10.3. The minimum Gasteiger partial charge on any atom is -0.288 e. The number of nitrogens with zero attached hydrogens (tertiary/aromatic N) is 4. The van der Waals surface area contributed by atoms with Gasteiger partial charge < -0.3 is 0 Å². The third kappa shape index (κ3) is 3.15. The Morgan fingerprint density at radius 1 is 1.50 bits per heavy atom. The Balaban J connectivity index is 1.76. The first kappa shape index (κ1) is 14.3. The zero-order chi connectivity index (χ0) is 15.5. The standard InChI is InChI=1S/C13H10FN5O2S/c14-8-1-3-11-10(5-8)15-13(22-11)7-19-6-9(16-18-19)2-4-12(20)17-21/h1-6,21H,7H2,(H,17,20). The minimum absolute atomic E-state index is 0.320. The number of carbonyl (C=O) groups is 1. The van der Waals surface area contributed by atoms with Crippen LogP contribution in [0.5, 0.6) is 0 Å². The first-order chi connectivity index (χ1) is 10.6. The van der Waals surface area contributed by atoms with Crippen molar-refractivity contribution in [2.45, 2.75) is 6.54 Å². The third-order valence-electron chi connectivity index (χ3n) is 2.76. The normalized spacial score (nSPS) is 11.4. The molecule has 0 aliphatic heterocycles. The van der Waals surface area contributed by atoms with Crippen LogP contribution < -0.4 is 5.48 Å². The van der Waals surface area contributed by atoms with E-state index in [2.05, 4.69) is 15.3 Å². The van der Waals surface area contributed by atoms with Crippen LogP contribution in [0, 0.1) is 5.82 Å². The Hall–Kier alpha value is -2.65. The number of amides is 1. The number of aromatic nitrogens is 4. The predicted molar refractivity (Wildman–Crippen MR) is 77.7 cm³/mol. The predicted octanol–water partition coefficient (Wildman–Crippen LogP) is 1.59. The van der Waals surface area contributed by atoms with Crippen molar-refractivity contribution in [2.75, 3.05) is 0 Å². The Labute approximate surface area is 127 Å². The van der Waals surface area contributed by atoms with Gasteiger partial charge >= 0.3 is 0 Å². The van der Waals surface area contributed by atoms with Crippen LogP contribution in [0.1, 0.15) is 10.7 Å². The number of rotatable bonds is 4. The molecule has 112 valence electrons. The second-order valence-electron chi connectivity index (χ2n) is 4.37. The Morgan fingerprint density at radius 2 is 2.36 bits per heavy atom. The van der Waals surface area contributed by atoms with Gasteiger partial charge in [0, 0.05) is 12.1 Å². The topological polar surface area (TPSA) is 92.9 Å². The van der Waals surface area contributed by atoms with Crippen LogP contribution >= 0.6 is 11.3 Å². The SMILES string of the molecule is O=C(C=Cc1cn(Cc2nc3cc(F)ccc3s2)nn1)NO. The summed E-state index contributed by atoms with van der Waals surface area (Å²) >= 11 is 1.45. The van der Waals surface area contributed by atoms with Crippen molar-refractivity contribution in [3.63, 3.8) is 0 Å². The van der Waals surface area contributed by atoms with Gasteiger partial charge in [-0.3, -0.25) is 10.0 Å². The van der Waals surface area contributed by atoms with Crippen molar-refractivity contribution in [1.82, 2.24) is 25.5 Å². The van der Waals surface area contributed by atoms with E-state index in [4.69, 9.17) is 5.21 Å². The molecule has 0 saturated heterocycles. The molecule has 0 atom stereocenters. The number of carbonyl (C=O) groups excluding carboxylic acids is 1. The van der Waals surface area contributed by atoms with Crippen molar-refractivity contribution in [3.05, 3.63) is 47.0 Å². The van der Waals surface area contributed by atoms with Gasteiger partial charge in [-0.05, 0) is 18.2 Å². The van der Waals surface area contributed by atoms with Crippen molar-refractivity contribution >= 4 is 33.5 Å². The van der Waals surface area contributed by atoms with Crippen LogP contribution in [0.4, 0.5) is 4.39 Å². The molecule has 22 heavy (non-hydrogen) atoms. The molecule has 3 aromatic rings. The molecule has 0 aliphatic rings. The van der Waals surface area contributed by atoms with E-state index in [0.717, 1.165) is 15.8 Å². The second kappa shape index (κ2) is 6.00. The molecule has 2 N–H and O–H groups in total. The fourth-order valence-electron chi connectivity index (χ4n) is 1.82. The van der Waals surface area contributed by atoms with E-state index >= 15 is 0 Å². The van der Waals surface area contributed by atoms with Crippen molar-refractivity contribution in [3.8, 4) is 0 Å². The maximum absolute atomic E-state index is 13.1. The average Bonchev–Trinajstić information content (AvgIpc) is 3.10. The highest BCUT2D eigenvalue weighted by atomic mass is 32.1. The van der Waals surface area contributed by atoms with Gasteiger partial charge in [-0.1, -0.05) is 5.21 Å². The largest absolute Gasteiger partial charge is 0.288 e. The molecule has 7 nitrogen and oxygen atoms in total. The van der Waals surface area contributed by atoms with Gasteiger partial charge in [0.15, 0.2) is 0 Å². The van der Waals surface area contributed by atoms with Crippen LogP contribution in [0.25, 0.3) is 16.3 Å². The Bertz CT molecular complexity index is 857. The Kier molecular flexibility index (Phi) is 3.90. The highest BCUT2D eigenvalue weighted by molar-refractivity contribution is 7.18. The van der Waals surface area contributed by atoms with Crippen molar-refractivity contribution < 1.29 is 14.4 Å². The molecule has 3 rings (SSSR count). The molecule has 1 aromatic carbocycles. The molecule has 0 bridgehead atoms. The first-order valence-corrected chi connectivity index (χ1v) is 7.03. The summed E-state index contributed by atoms with van der Waals surface area (Å²) in [6.07, 6.45) is 4.19. The summed E-state index contributed by atoms with van der Waals surface area (Å²) in [5.41, 5.74) is 2.56. The molecule has 2 aromatic heterocycles. The fourth-order valence-corrected chi connectivity index (χ4v) is 2.76. The van der Waals surface area contributed by atoms with E-state index in [1.807, 2.05) is 0 Å². The number of hydroxylamine groups is 1. The lowest BCUT2D eigenvalue weighted by Gasteiger charge is -1.93. The van der Waals surface area contributed by atoms with E-state index in [1.165, 1.54) is 35.0 Å². The summed E-state index contributed by atoms with van der Waals surface area (Å²) in [5.74, 6) is -0.970. The van der Waals surface area contributed by atoms with Gasteiger partial charge in [-0.2, -0.15) is 0 Å². The molecule has 0 unspecified atom stereocenters. The highest BCUT2D eigenvalue weighted by Crippen LogP contribution is 2.23. The number of hydrogen-bond acceptors (Lipinski definition) is 6. The van der Waals surface area contributed by atoms with Gasteiger partial charge in [-0.25, -0.2) is 19.5 Å². The average molecular weight is 319 g/mol. The number of halogens is 1. The molecule has 9 heteroatoms. The molecule has 1 amide bonds. The molecule has 2 heterocycles. The van der Waals surface area contributed by atoms with E-state index in [1.54, 1.807) is 16.9 Å². The summed E-state index contributed by atoms with van der Waals surface area (Å²) in [6.45, 7) is 0.397. The summed E-state index contributed by atoms with van der Waals surface area (Å²) in [4.78, 5) is 15.2. The highest BCUT2D eigenvalue weighted by Gasteiger charge is 2.07. The van der Waals surface area contributed by atoms with E-state index in [-0.39, 0.29) is 5.82 Å². The summed E-state index contributed by atoms with van der Waals surface area (Å²) in [5, 5.41) is 16.9. The van der Waals surface area contributed by atoms with Crippen molar-refractivity contribution in [1.29, 1.82) is 0 Å². The van der Waals surface area contributed by atoms with E-state index in [9.17, 15) is 9.18 Å². The minimum atomic E-state index is -0.650. The van der Waals surface area contributed by atoms with E-state index in [0.29, 0.717) is 17.8 Å². The Morgan fingerprint density at radius 3 is 3.18 bits per heavy atom. The maximum Gasteiger partial charge on any atom is 0.267 e. The number of nitrogens with one attached hydrogen (secondary N) is 1. The number of hydrogen-bond donors (Lipinski definition) is 2. The quantitative estimate of drug-likeness (QED) is 0.433. The van der Waals surface area contributed by atoms with Crippen LogP contribution in [0.15, 0.2) is 30.5 Å². The monoisotopic (exact) mass is 319 g/mol. The molecule has 0 spiro atoms. The summed E-state index contributed by atoms with van der Waals surface area (Å²) in [6, 6.07) is 4.47. The zero-order valence-corrected chi connectivity index (χ0v) is 11.9. The second-order valence-corrected chi connectivity index (χ2v) is 5.49. The zero-order valence-electron chi connectivity index (χ0n) is 11.1. The smallest absolute Gasteiger partial charge is 0.267 e. The van der Waals surface area contributed by atoms with Gasteiger partial charge in [0.1, 0.15) is 16.5 Å². The lowest BCUT2D eigenvalue weighted by molar-refractivity contribution is -0.124. The van der Waals surface area contributed by atoms with Crippen LogP contribution in [0.3, 0.4) is 0 Å². The molecular formula is C13H10FN5O2S. The number of benzene rings is 1. The van der Waals surface area contributed by atoms with Gasteiger partial charge in [0.25, 0.3) is 5.91 Å². The van der Waals surface area contributed by atoms with Crippen molar-refractivity contribution in [2.24, 2.45) is 0 Å². The summed E-state index contributed by atoms with van der Waals surface area (Å²) in [7, 11) is 0. The fraction of sp³-hybridized carbons (Fsp3) is 0.0769. The molecule has 0 aliphatic carbocycles. The number of thiazole rings is 1. The van der Waals surface area contributed by atoms with Crippen LogP contribution in [-0.2, 0) is 11.3 Å². The molecule has 0 fully saturated rings. The summed E-state index contributed by atoms with van der Waals surface area (Å²) < 4.78 is 15.6. The lowest BCUT2D eigenvalue weighted by Crippen LogP contribution is -2.14. The van der Waals surface area contributed by atoms with Gasteiger partial charge in [-0.15, -0.1) is 16.4 Å². The molecular weight excluding hydrogens is 309 g/mol. The van der Waals surface area contributed by atoms with Gasteiger partial charge in [0.2, 0.25) is 0 Å². The third-order valence-corrected chi connectivity index (χ3v) is 3.78. The molecule has 0 radical (unpaired) electrons. The molecule has 0 saturated carbocycles. The van der Waals surface area contributed by atoms with Crippen LogP contribution in [0.2, 0.25) is 0 Å². The number of fused-ring (bicyclic) bond motifs is 1. The van der Waals surface area contributed by atoms with Gasteiger partial charge in [0.05, 0.1) is 23.0 Å². The van der Waals surface area contributed by atoms with Crippen LogP contribution in [-0.4, -0.2) is 31.1 Å². The maximum atomic E-state index is 13.1. The first-order valence-electron chi connectivity index (χ1n) is 6.21.